The Hall–Kier alpha value is -0.980. The van der Waals surface area contributed by atoms with Crippen LogP contribution in [-0.2, 0) is 0 Å². The standard InChI is InChI=1S/C11H16N/c1-4-12(5-2)11-8-6-7-10(3)9-11/h6-8H,4-5H2,1-3H3. The topological polar surface area (TPSA) is 3.24 Å². The number of rotatable bonds is 3. The maximum atomic E-state index is 3.34. The van der Waals surface area contributed by atoms with Gasteiger partial charge < -0.3 is 4.90 Å². The van der Waals surface area contributed by atoms with Gasteiger partial charge >= 0.3 is 0 Å². The molecule has 0 bridgehead atoms. The quantitative estimate of drug-likeness (QED) is 0.660. The molecule has 0 spiro atoms. The summed E-state index contributed by atoms with van der Waals surface area (Å²) in [6.07, 6.45) is 0. The van der Waals surface area contributed by atoms with Gasteiger partial charge in [0, 0.05) is 24.8 Å². The van der Waals surface area contributed by atoms with Crippen LogP contribution in [0.2, 0.25) is 0 Å². The molecule has 0 aliphatic rings. The number of anilines is 1. The van der Waals surface area contributed by atoms with Gasteiger partial charge in [0.25, 0.3) is 0 Å². The highest BCUT2D eigenvalue weighted by Crippen LogP contribution is 2.13. The fourth-order valence-corrected chi connectivity index (χ4v) is 1.32. The van der Waals surface area contributed by atoms with Crippen LogP contribution < -0.4 is 4.90 Å². The van der Waals surface area contributed by atoms with Crippen molar-refractivity contribution >= 4 is 5.69 Å². The molecule has 0 aliphatic carbocycles. The van der Waals surface area contributed by atoms with Gasteiger partial charge in [-0.1, -0.05) is 12.1 Å². The highest BCUT2D eigenvalue weighted by atomic mass is 15.1. The lowest BCUT2D eigenvalue weighted by atomic mass is 10.2. The average molecular weight is 162 g/mol. The highest BCUT2D eigenvalue weighted by Gasteiger charge is 2.00. The van der Waals surface area contributed by atoms with E-state index in [1.807, 2.05) is 0 Å². The van der Waals surface area contributed by atoms with Gasteiger partial charge in [-0.2, -0.15) is 0 Å². The molecular formula is C11H16N. The third-order valence-corrected chi connectivity index (χ3v) is 2.03. The predicted octanol–water partition coefficient (Wildman–Crippen LogP) is 2.64. The SMILES string of the molecule is CCN(CC)c1[c]c(C)ccc1. The zero-order valence-electron chi connectivity index (χ0n) is 8.09. The molecule has 0 N–H and O–H groups in total. The van der Waals surface area contributed by atoms with Crippen molar-refractivity contribution in [2.24, 2.45) is 0 Å². The normalized spacial score (nSPS) is 9.92. The predicted molar refractivity (Wildman–Crippen MR) is 53.6 cm³/mol. The zero-order valence-corrected chi connectivity index (χ0v) is 8.09. The van der Waals surface area contributed by atoms with E-state index in [0.29, 0.717) is 0 Å². The molecule has 1 aromatic rings. The molecule has 0 fully saturated rings. The van der Waals surface area contributed by atoms with Gasteiger partial charge in [0.2, 0.25) is 0 Å². The third kappa shape index (κ3) is 2.00. The van der Waals surface area contributed by atoms with E-state index in [-0.39, 0.29) is 0 Å². The molecule has 0 atom stereocenters. The van der Waals surface area contributed by atoms with Crippen molar-refractivity contribution < 1.29 is 0 Å². The van der Waals surface area contributed by atoms with Gasteiger partial charge in [-0.15, -0.1) is 0 Å². The number of benzene rings is 1. The van der Waals surface area contributed by atoms with Crippen LogP contribution in [0, 0.1) is 13.0 Å². The molecular weight excluding hydrogens is 146 g/mol. The van der Waals surface area contributed by atoms with Crippen LogP contribution >= 0.6 is 0 Å². The van der Waals surface area contributed by atoms with Gasteiger partial charge in [0.1, 0.15) is 0 Å². The molecule has 0 aliphatic heterocycles. The molecule has 1 heteroatoms. The van der Waals surface area contributed by atoms with E-state index in [0.717, 1.165) is 13.1 Å². The van der Waals surface area contributed by atoms with E-state index < -0.39 is 0 Å². The van der Waals surface area contributed by atoms with Crippen molar-refractivity contribution in [1.29, 1.82) is 0 Å². The van der Waals surface area contributed by atoms with E-state index >= 15 is 0 Å². The Morgan fingerprint density at radius 1 is 1.25 bits per heavy atom. The lowest BCUT2D eigenvalue weighted by Crippen LogP contribution is -2.21. The molecule has 0 aromatic heterocycles. The Kier molecular flexibility index (Phi) is 3.15. The van der Waals surface area contributed by atoms with Crippen LogP contribution in [0.1, 0.15) is 19.4 Å². The first-order valence-electron chi connectivity index (χ1n) is 4.51. The molecule has 1 aromatic carbocycles. The molecule has 0 unspecified atom stereocenters. The monoisotopic (exact) mass is 162 g/mol. The summed E-state index contributed by atoms with van der Waals surface area (Å²) in [5, 5.41) is 0. The third-order valence-electron chi connectivity index (χ3n) is 2.03. The molecule has 1 nitrogen and oxygen atoms in total. The Morgan fingerprint density at radius 2 is 1.92 bits per heavy atom. The van der Waals surface area contributed by atoms with Crippen LogP contribution in [-0.4, -0.2) is 13.1 Å². The van der Waals surface area contributed by atoms with Crippen molar-refractivity contribution in [2.45, 2.75) is 20.8 Å². The zero-order chi connectivity index (χ0) is 8.97. The summed E-state index contributed by atoms with van der Waals surface area (Å²) in [4.78, 5) is 2.30. The summed E-state index contributed by atoms with van der Waals surface area (Å²) in [6, 6.07) is 9.61. The number of aryl methyl sites for hydroxylation is 1. The molecule has 0 heterocycles. The van der Waals surface area contributed by atoms with Crippen molar-refractivity contribution in [2.75, 3.05) is 18.0 Å². The minimum absolute atomic E-state index is 1.05. The molecule has 1 radical (unpaired) electrons. The van der Waals surface area contributed by atoms with Gasteiger partial charge in [0.15, 0.2) is 0 Å². The average Bonchev–Trinajstić information content (AvgIpc) is 2.07. The van der Waals surface area contributed by atoms with Crippen LogP contribution in [0.5, 0.6) is 0 Å². The van der Waals surface area contributed by atoms with Crippen LogP contribution in [0.4, 0.5) is 5.69 Å². The van der Waals surface area contributed by atoms with Crippen LogP contribution in [0.3, 0.4) is 0 Å². The van der Waals surface area contributed by atoms with Crippen LogP contribution in [0.15, 0.2) is 18.2 Å². The maximum Gasteiger partial charge on any atom is 0.0449 e. The van der Waals surface area contributed by atoms with Gasteiger partial charge in [-0.05, 0) is 32.4 Å². The van der Waals surface area contributed by atoms with Crippen molar-refractivity contribution in [3.05, 3.63) is 29.8 Å². The second-order valence-corrected chi connectivity index (χ2v) is 2.89. The van der Waals surface area contributed by atoms with Crippen molar-refractivity contribution in [3.63, 3.8) is 0 Å². The lowest BCUT2D eigenvalue weighted by Gasteiger charge is -2.20. The molecule has 12 heavy (non-hydrogen) atoms. The Balaban J connectivity index is 2.85. The minimum Gasteiger partial charge on any atom is -0.372 e. The van der Waals surface area contributed by atoms with Crippen molar-refractivity contribution in [3.8, 4) is 0 Å². The first-order chi connectivity index (χ1) is 5.77. The van der Waals surface area contributed by atoms with E-state index in [1.54, 1.807) is 0 Å². The second-order valence-electron chi connectivity index (χ2n) is 2.89. The summed E-state index contributed by atoms with van der Waals surface area (Å²) in [5.41, 5.74) is 2.42. The number of hydrogen-bond acceptors (Lipinski definition) is 1. The molecule has 0 saturated heterocycles. The first kappa shape index (κ1) is 9.11. The second kappa shape index (κ2) is 4.15. The Labute approximate surface area is 75.0 Å². The number of nitrogens with zero attached hydrogens (tertiary/aromatic N) is 1. The summed E-state index contributed by atoms with van der Waals surface area (Å²) < 4.78 is 0. The largest absolute Gasteiger partial charge is 0.372 e. The van der Waals surface area contributed by atoms with Gasteiger partial charge in [0.05, 0.1) is 0 Å². The summed E-state index contributed by atoms with van der Waals surface area (Å²) in [5.74, 6) is 0. The highest BCUT2D eigenvalue weighted by molar-refractivity contribution is 5.46. The molecule has 0 amide bonds. The Morgan fingerprint density at radius 3 is 2.42 bits per heavy atom. The summed E-state index contributed by atoms with van der Waals surface area (Å²) in [6.45, 7) is 8.51. The van der Waals surface area contributed by atoms with Crippen molar-refractivity contribution in [1.82, 2.24) is 0 Å². The first-order valence-corrected chi connectivity index (χ1v) is 4.51. The van der Waals surface area contributed by atoms with E-state index in [9.17, 15) is 0 Å². The van der Waals surface area contributed by atoms with Crippen LogP contribution in [0.25, 0.3) is 0 Å². The van der Waals surface area contributed by atoms with E-state index in [1.165, 1.54) is 11.3 Å². The fraction of sp³-hybridized carbons (Fsp3) is 0.455. The van der Waals surface area contributed by atoms with Gasteiger partial charge in [-0.3, -0.25) is 0 Å². The molecule has 65 valence electrons. The Bertz CT molecular complexity index is 239. The smallest absolute Gasteiger partial charge is 0.0449 e. The molecule has 0 saturated carbocycles. The fourth-order valence-electron chi connectivity index (χ4n) is 1.32. The summed E-state index contributed by atoms with van der Waals surface area (Å²) in [7, 11) is 0. The maximum absolute atomic E-state index is 3.34. The van der Waals surface area contributed by atoms with Gasteiger partial charge in [-0.25, -0.2) is 0 Å². The minimum atomic E-state index is 1.05. The molecule has 1 rings (SSSR count). The summed E-state index contributed by atoms with van der Waals surface area (Å²) >= 11 is 0. The van der Waals surface area contributed by atoms with E-state index in [4.69, 9.17) is 0 Å². The van der Waals surface area contributed by atoms with E-state index in [2.05, 4.69) is 49.9 Å². The number of hydrogen-bond donors (Lipinski definition) is 0. The lowest BCUT2D eigenvalue weighted by molar-refractivity contribution is 0.865.